The van der Waals surface area contributed by atoms with Gasteiger partial charge in [-0.05, 0) is 66.8 Å². The summed E-state index contributed by atoms with van der Waals surface area (Å²) in [6, 6.07) is 18.5. The van der Waals surface area contributed by atoms with Gasteiger partial charge in [0.15, 0.2) is 0 Å². The summed E-state index contributed by atoms with van der Waals surface area (Å²) < 4.78 is 13.2. The van der Waals surface area contributed by atoms with Gasteiger partial charge in [0.05, 0.1) is 11.3 Å². The molecular weight excluding hydrogens is 463 g/mol. The van der Waals surface area contributed by atoms with Crippen LogP contribution in [0.5, 0.6) is 0 Å². The highest BCUT2D eigenvalue weighted by Gasteiger charge is 2.54. The van der Waals surface area contributed by atoms with E-state index in [9.17, 15) is 23.6 Å². The summed E-state index contributed by atoms with van der Waals surface area (Å²) in [5.74, 6) is -2.02. The second-order valence-corrected chi connectivity index (χ2v) is 8.79. The lowest BCUT2D eigenvalue weighted by Gasteiger charge is -2.33. The molecule has 1 unspecified atom stereocenters. The smallest absolute Gasteiger partial charge is 0.324 e. The predicted molar refractivity (Wildman–Crippen MR) is 131 cm³/mol. The number of nitrogens with one attached hydrogen (secondary N) is 3. The zero-order valence-corrected chi connectivity index (χ0v) is 19.2. The Balaban J connectivity index is 1.31. The Hall–Kier alpha value is -4.53. The summed E-state index contributed by atoms with van der Waals surface area (Å²) in [7, 11) is 0. The molecule has 1 heterocycles. The number of benzene rings is 3. The van der Waals surface area contributed by atoms with Crippen LogP contribution in [0.2, 0.25) is 0 Å². The summed E-state index contributed by atoms with van der Waals surface area (Å²) in [5.41, 5.74) is 1.38. The van der Waals surface area contributed by atoms with Gasteiger partial charge in [-0.25, -0.2) is 9.18 Å². The topological polar surface area (TPSA) is 108 Å². The van der Waals surface area contributed by atoms with Crippen LogP contribution in [0, 0.1) is 5.82 Å². The molecule has 1 fully saturated rings. The van der Waals surface area contributed by atoms with E-state index in [1.54, 1.807) is 18.2 Å². The molecule has 3 aromatic rings. The van der Waals surface area contributed by atoms with Crippen LogP contribution in [-0.4, -0.2) is 35.2 Å². The van der Waals surface area contributed by atoms with Crippen molar-refractivity contribution in [2.24, 2.45) is 0 Å². The van der Waals surface area contributed by atoms with E-state index in [2.05, 4.69) is 16.0 Å². The van der Waals surface area contributed by atoms with E-state index in [1.807, 2.05) is 24.3 Å². The van der Waals surface area contributed by atoms with Crippen molar-refractivity contribution >= 4 is 35.1 Å². The molecular formula is C27H23FN4O4. The number of fused-ring (bicyclic) bond motifs is 2. The molecule has 1 aliphatic heterocycles. The fourth-order valence-corrected chi connectivity index (χ4v) is 4.81. The van der Waals surface area contributed by atoms with Crippen LogP contribution in [0.15, 0.2) is 72.8 Å². The molecule has 5 rings (SSSR count). The molecule has 1 atom stereocenters. The maximum absolute atomic E-state index is 13.4. The lowest BCUT2D eigenvalue weighted by atomic mass is 9.76. The van der Waals surface area contributed by atoms with Crippen LogP contribution >= 0.6 is 0 Å². The fraction of sp³-hybridized carbons (Fsp3) is 0.185. The molecule has 1 saturated heterocycles. The van der Waals surface area contributed by atoms with Crippen LogP contribution < -0.4 is 16.0 Å². The molecule has 5 amide bonds. The Labute approximate surface area is 206 Å². The van der Waals surface area contributed by atoms with Crippen molar-refractivity contribution in [3.8, 4) is 0 Å². The molecule has 0 bridgehead atoms. The number of halogens is 1. The Kier molecular flexibility index (Phi) is 5.97. The minimum Gasteiger partial charge on any atom is -0.324 e. The van der Waals surface area contributed by atoms with Crippen molar-refractivity contribution in [2.45, 2.75) is 24.8 Å². The van der Waals surface area contributed by atoms with Gasteiger partial charge in [0.25, 0.3) is 11.8 Å². The number of aryl methyl sites for hydroxylation is 1. The Morgan fingerprint density at radius 3 is 2.47 bits per heavy atom. The highest BCUT2D eigenvalue weighted by molar-refractivity contribution is 6.13. The number of amides is 5. The zero-order valence-electron chi connectivity index (χ0n) is 19.2. The maximum atomic E-state index is 13.4. The molecule has 0 aromatic heterocycles. The summed E-state index contributed by atoms with van der Waals surface area (Å²) in [5, 5.41) is 8.10. The molecule has 1 spiro atoms. The minimum atomic E-state index is -1.17. The van der Waals surface area contributed by atoms with Crippen LogP contribution in [0.1, 0.15) is 34.3 Å². The van der Waals surface area contributed by atoms with Gasteiger partial charge in [0.1, 0.15) is 17.9 Å². The second-order valence-electron chi connectivity index (χ2n) is 8.79. The van der Waals surface area contributed by atoms with Gasteiger partial charge >= 0.3 is 6.03 Å². The largest absolute Gasteiger partial charge is 0.325 e. The van der Waals surface area contributed by atoms with E-state index in [0.717, 1.165) is 28.9 Å². The van der Waals surface area contributed by atoms with Crippen molar-refractivity contribution in [1.29, 1.82) is 0 Å². The minimum absolute atomic E-state index is 0.171. The average molecular weight is 487 g/mol. The number of carbonyl (C=O) groups is 4. The van der Waals surface area contributed by atoms with Gasteiger partial charge in [-0.3, -0.25) is 19.3 Å². The third kappa shape index (κ3) is 4.19. The maximum Gasteiger partial charge on any atom is 0.325 e. The number of carbonyl (C=O) groups excluding carboxylic acids is 4. The SMILES string of the molecule is O=C(CN1C(=O)NC2(CCCc3ccccc32)C1=O)Nc1ccccc1C(=O)Nc1ccc(F)cc1. The first kappa shape index (κ1) is 23.2. The Morgan fingerprint density at radius 2 is 1.67 bits per heavy atom. The number of anilines is 2. The van der Waals surface area contributed by atoms with Gasteiger partial charge in [-0.15, -0.1) is 0 Å². The van der Waals surface area contributed by atoms with Crippen LogP contribution in [0.25, 0.3) is 0 Å². The van der Waals surface area contributed by atoms with Gasteiger partial charge in [-0.2, -0.15) is 0 Å². The number of nitrogens with zero attached hydrogens (tertiary/aromatic N) is 1. The monoisotopic (exact) mass is 486 g/mol. The van der Waals surface area contributed by atoms with Crippen LogP contribution in [-0.2, 0) is 21.5 Å². The molecule has 9 heteroatoms. The van der Waals surface area contributed by atoms with E-state index < -0.39 is 41.7 Å². The molecule has 1 aliphatic carbocycles. The van der Waals surface area contributed by atoms with Gasteiger partial charge in [0, 0.05) is 5.69 Å². The van der Waals surface area contributed by atoms with E-state index in [4.69, 9.17) is 0 Å². The standard InChI is InChI=1S/C27H23FN4O4/c28-18-11-13-19(14-12-18)29-24(34)20-8-2-4-10-22(20)30-23(33)16-32-25(35)27(31-26(32)36)15-5-7-17-6-1-3-9-21(17)27/h1-4,6,8-14H,5,7,15-16H2,(H,29,34)(H,30,33)(H,31,36). The number of rotatable bonds is 5. The van der Waals surface area contributed by atoms with Crippen molar-refractivity contribution in [3.63, 3.8) is 0 Å². The number of hydrogen-bond donors (Lipinski definition) is 3. The van der Waals surface area contributed by atoms with Crippen molar-refractivity contribution < 1.29 is 23.6 Å². The quantitative estimate of drug-likeness (QED) is 0.477. The Bertz CT molecular complexity index is 1370. The normalized spacial score (nSPS) is 18.5. The number of para-hydroxylation sites is 1. The summed E-state index contributed by atoms with van der Waals surface area (Å²) in [4.78, 5) is 52.8. The summed E-state index contributed by atoms with van der Waals surface area (Å²) in [6.07, 6.45) is 2.01. The molecule has 3 aromatic carbocycles. The number of imide groups is 1. The first-order chi connectivity index (χ1) is 17.4. The first-order valence-corrected chi connectivity index (χ1v) is 11.6. The lowest BCUT2D eigenvalue weighted by molar-refractivity contribution is -0.134. The number of urea groups is 1. The fourth-order valence-electron chi connectivity index (χ4n) is 4.81. The third-order valence-electron chi connectivity index (χ3n) is 6.50. The van der Waals surface area contributed by atoms with E-state index >= 15 is 0 Å². The van der Waals surface area contributed by atoms with E-state index in [1.165, 1.54) is 30.3 Å². The lowest BCUT2D eigenvalue weighted by Crippen LogP contribution is -2.47. The summed E-state index contributed by atoms with van der Waals surface area (Å²) >= 11 is 0. The van der Waals surface area contributed by atoms with E-state index in [-0.39, 0.29) is 11.3 Å². The molecule has 8 nitrogen and oxygen atoms in total. The highest BCUT2D eigenvalue weighted by atomic mass is 19.1. The van der Waals surface area contributed by atoms with Crippen molar-refractivity contribution in [1.82, 2.24) is 10.2 Å². The van der Waals surface area contributed by atoms with Crippen LogP contribution in [0.4, 0.5) is 20.6 Å². The zero-order chi connectivity index (χ0) is 25.3. The first-order valence-electron chi connectivity index (χ1n) is 11.6. The van der Waals surface area contributed by atoms with E-state index in [0.29, 0.717) is 12.1 Å². The molecule has 3 N–H and O–H groups in total. The van der Waals surface area contributed by atoms with Gasteiger partial charge < -0.3 is 16.0 Å². The molecule has 0 radical (unpaired) electrons. The van der Waals surface area contributed by atoms with Crippen molar-refractivity contribution in [2.75, 3.05) is 17.2 Å². The second kappa shape index (κ2) is 9.26. The predicted octanol–water partition coefficient (Wildman–Crippen LogP) is 3.80. The molecule has 182 valence electrons. The summed E-state index contributed by atoms with van der Waals surface area (Å²) in [6.45, 7) is -0.498. The van der Waals surface area contributed by atoms with Gasteiger partial charge in [0.2, 0.25) is 5.91 Å². The molecule has 2 aliphatic rings. The molecule has 36 heavy (non-hydrogen) atoms. The third-order valence-corrected chi connectivity index (χ3v) is 6.50. The molecule has 0 saturated carbocycles. The Morgan fingerprint density at radius 1 is 0.944 bits per heavy atom. The van der Waals surface area contributed by atoms with Gasteiger partial charge in [-0.1, -0.05) is 36.4 Å². The van der Waals surface area contributed by atoms with Crippen LogP contribution in [0.3, 0.4) is 0 Å². The average Bonchev–Trinajstić information content (AvgIpc) is 3.10. The highest BCUT2D eigenvalue weighted by Crippen LogP contribution is 2.39. The van der Waals surface area contributed by atoms with Crippen molar-refractivity contribution in [3.05, 3.63) is 95.3 Å². The number of hydrogen-bond acceptors (Lipinski definition) is 4.